The largest absolute Gasteiger partial charge is 0.404 e. The number of halogens is 3. The third-order valence-electron chi connectivity index (χ3n) is 1.80. The first-order chi connectivity index (χ1) is 5.81. The van der Waals surface area contributed by atoms with Gasteiger partial charge < -0.3 is 0 Å². The second kappa shape index (κ2) is 3.45. The fourth-order valence-electron chi connectivity index (χ4n) is 1.26. The molecule has 0 saturated carbocycles. The van der Waals surface area contributed by atoms with Gasteiger partial charge in [0, 0.05) is 13.1 Å². The molecule has 0 aromatic heterocycles. The van der Waals surface area contributed by atoms with Gasteiger partial charge in [-0.2, -0.15) is 13.2 Å². The van der Waals surface area contributed by atoms with Gasteiger partial charge in [-0.3, -0.25) is 0 Å². The van der Waals surface area contributed by atoms with E-state index in [-0.39, 0.29) is 13.1 Å². The molecule has 78 valence electrons. The molecule has 7 heteroatoms. The molecule has 0 radical (unpaired) electrons. The molecule has 0 aromatic rings. The zero-order chi connectivity index (χ0) is 10.1. The molecule has 0 spiro atoms. The standard InChI is InChI=1S/C6H10F3NO2S/c7-6(8,9)5-13(11,12)10-3-1-2-4-10/h1-5H2. The lowest BCUT2D eigenvalue weighted by Crippen LogP contribution is -2.35. The van der Waals surface area contributed by atoms with E-state index in [0.29, 0.717) is 12.8 Å². The summed E-state index contributed by atoms with van der Waals surface area (Å²) in [6.45, 7) is 0.441. The summed E-state index contributed by atoms with van der Waals surface area (Å²) in [5.41, 5.74) is 0. The van der Waals surface area contributed by atoms with Crippen molar-refractivity contribution in [2.75, 3.05) is 18.8 Å². The number of nitrogens with zero attached hydrogens (tertiary/aromatic N) is 1. The highest BCUT2D eigenvalue weighted by molar-refractivity contribution is 7.89. The fraction of sp³-hybridized carbons (Fsp3) is 1.00. The molecule has 0 bridgehead atoms. The number of alkyl halides is 3. The molecule has 1 rings (SSSR count). The van der Waals surface area contributed by atoms with Gasteiger partial charge in [-0.25, -0.2) is 12.7 Å². The van der Waals surface area contributed by atoms with E-state index < -0.39 is 22.0 Å². The summed E-state index contributed by atoms with van der Waals surface area (Å²) in [6.07, 6.45) is -3.34. The van der Waals surface area contributed by atoms with Crippen LogP contribution in [0.15, 0.2) is 0 Å². The Bertz CT molecular complexity index is 266. The van der Waals surface area contributed by atoms with Crippen molar-refractivity contribution in [1.82, 2.24) is 4.31 Å². The van der Waals surface area contributed by atoms with Gasteiger partial charge in [0.05, 0.1) is 0 Å². The van der Waals surface area contributed by atoms with Crippen molar-refractivity contribution in [1.29, 1.82) is 0 Å². The van der Waals surface area contributed by atoms with E-state index in [9.17, 15) is 21.6 Å². The number of hydrogen-bond acceptors (Lipinski definition) is 2. The van der Waals surface area contributed by atoms with E-state index in [0.717, 1.165) is 4.31 Å². The molecule has 0 aromatic carbocycles. The van der Waals surface area contributed by atoms with Crippen molar-refractivity contribution in [3.05, 3.63) is 0 Å². The molecule has 0 atom stereocenters. The minimum absolute atomic E-state index is 0.221. The predicted octanol–water partition coefficient (Wildman–Crippen LogP) is 0.974. The van der Waals surface area contributed by atoms with Crippen molar-refractivity contribution in [3.8, 4) is 0 Å². The van der Waals surface area contributed by atoms with Gasteiger partial charge in [0.1, 0.15) is 0 Å². The summed E-state index contributed by atoms with van der Waals surface area (Å²) in [4.78, 5) is 0. The van der Waals surface area contributed by atoms with E-state index in [4.69, 9.17) is 0 Å². The number of sulfonamides is 1. The Morgan fingerprint density at radius 3 is 2.00 bits per heavy atom. The maximum Gasteiger partial charge on any atom is 0.404 e. The van der Waals surface area contributed by atoms with Crippen molar-refractivity contribution in [3.63, 3.8) is 0 Å². The monoisotopic (exact) mass is 217 g/mol. The first-order valence-electron chi connectivity index (χ1n) is 3.86. The summed E-state index contributed by atoms with van der Waals surface area (Å²) >= 11 is 0. The van der Waals surface area contributed by atoms with Gasteiger partial charge >= 0.3 is 6.18 Å². The molecule has 13 heavy (non-hydrogen) atoms. The van der Waals surface area contributed by atoms with Crippen LogP contribution in [0.1, 0.15) is 12.8 Å². The number of rotatable bonds is 2. The van der Waals surface area contributed by atoms with Crippen LogP contribution in [0.25, 0.3) is 0 Å². The highest BCUT2D eigenvalue weighted by Gasteiger charge is 2.38. The molecule has 1 aliphatic rings. The summed E-state index contributed by atoms with van der Waals surface area (Å²) in [7, 11) is -4.11. The molecule has 1 fully saturated rings. The van der Waals surface area contributed by atoms with Crippen molar-refractivity contribution in [2.24, 2.45) is 0 Å². The van der Waals surface area contributed by atoms with E-state index >= 15 is 0 Å². The summed E-state index contributed by atoms with van der Waals surface area (Å²) in [6, 6.07) is 0. The third-order valence-corrected chi connectivity index (χ3v) is 3.65. The third kappa shape index (κ3) is 3.15. The summed E-state index contributed by atoms with van der Waals surface area (Å²) < 4.78 is 58.4. The molecular formula is C6H10F3NO2S. The van der Waals surface area contributed by atoms with Gasteiger partial charge in [-0.05, 0) is 12.8 Å². The zero-order valence-electron chi connectivity index (χ0n) is 6.84. The first-order valence-corrected chi connectivity index (χ1v) is 5.47. The smallest absolute Gasteiger partial charge is 0.212 e. The van der Waals surface area contributed by atoms with Crippen LogP contribution in [0.2, 0.25) is 0 Å². The van der Waals surface area contributed by atoms with Gasteiger partial charge in [-0.1, -0.05) is 0 Å². The summed E-state index contributed by atoms with van der Waals surface area (Å²) in [5.74, 6) is -1.74. The van der Waals surface area contributed by atoms with Crippen molar-refractivity contribution in [2.45, 2.75) is 19.0 Å². The van der Waals surface area contributed by atoms with Crippen molar-refractivity contribution >= 4 is 10.0 Å². The molecule has 0 unspecified atom stereocenters. The minimum Gasteiger partial charge on any atom is -0.212 e. The van der Waals surface area contributed by atoms with Crippen LogP contribution in [0, 0.1) is 0 Å². The Balaban J connectivity index is 2.66. The van der Waals surface area contributed by atoms with Gasteiger partial charge in [0.15, 0.2) is 5.75 Å². The topological polar surface area (TPSA) is 37.4 Å². The van der Waals surface area contributed by atoms with Crippen LogP contribution in [-0.2, 0) is 10.0 Å². The van der Waals surface area contributed by atoms with Crippen LogP contribution in [-0.4, -0.2) is 37.7 Å². The van der Waals surface area contributed by atoms with E-state index in [1.54, 1.807) is 0 Å². The molecule has 1 aliphatic heterocycles. The summed E-state index contributed by atoms with van der Waals surface area (Å²) in [5, 5.41) is 0. The molecule has 3 nitrogen and oxygen atoms in total. The molecule has 0 aliphatic carbocycles. The normalized spacial score (nSPS) is 20.8. The Kier molecular flexibility index (Phi) is 2.86. The maximum absolute atomic E-state index is 11.8. The maximum atomic E-state index is 11.8. The first kappa shape index (κ1) is 10.8. The quantitative estimate of drug-likeness (QED) is 0.691. The van der Waals surface area contributed by atoms with Crippen LogP contribution in [0.5, 0.6) is 0 Å². The SMILES string of the molecule is O=S(=O)(CC(F)(F)F)N1CCCC1. The molecular weight excluding hydrogens is 207 g/mol. The molecule has 0 amide bonds. The molecule has 0 N–H and O–H groups in total. The molecule has 1 saturated heterocycles. The average Bonchev–Trinajstić information content (AvgIpc) is 2.29. The average molecular weight is 217 g/mol. The van der Waals surface area contributed by atoms with Crippen LogP contribution in [0.3, 0.4) is 0 Å². The fourth-order valence-corrected chi connectivity index (χ4v) is 2.68. The second-order valence-electron chi connectivity index (χ2n) is 2.98. The van der Waals surface area contributed by atoms with E-state index in [2.05, 4.69) is 0 Å². The zero-order valence-corrected chi connectivity index (χ0v) is 7.66. The Morgan fingerprint density at radius 1 is 1.15 bits per heavy atom. The Morgan fingerprint density at radius 2 is 1.62 bits per heavy atom. The van der Waals surface area contributed by atoms with Crippen LogP contribution >= 0.6 is 0 Å². The van der Waals surface area contributed by atoms with Crippen LogP contribution < -0.4 is 0 Å². The minimum atomic E-state index is -4.64. The van der Waals surface area contributed by atoms with Gasteiger partial charge in [0.2, 0.25) is 10.0 Å². The Hall–Kier alpha value is -0.300. The predicted molar refractivity (Wildman–Crippen MR) is 40.6 cm³/mol. The van der Waals surface area contributed by atoms with Crippen molar-refractivity contribution < 1.29 is 21.6 Å². The lowest BCUT2D eigenvalue weighted by molar-refractivity contribution is -0.106. The van der Waals surface area contributed by atoms with E-state index in [1.165, 1.54) is 0 Å². The van der Waals surface area contributed by atoms with E-state index in [1.807, 2.05) is 0 Å². The molecule has 1 heterocycles. The second-order valence-corrected chi connectivity index (χ2v) is 4.95. The van der Waals surface area contributed by atoms with Crippen LogP contribution in [0.4, 0.5) is 13.2 Å². The highest BCUT2D eigenvalue weighted by Crippen LogP contribution is 2.21. The lowest BCUT2D eigenvalue weighted by Gasteiger charge is -2.16. The Labute approximate surface area is 74.6 Å². The number of hydrogen-bond donors (Lipinski definition) is 0. The highest BCUT2D eigenvalue weighted by atomic mass is 32.2. The van der Waals surface area contributed by atoms with Gasteiger partial charge in [-0.15, -0.1) is 0 Å². The lowest BCUT2D eigenvalue weighted by atomic mass is 10.4. The van der Waals surface area contributed by atoms with Gasteiger partial charge in [0.25, 0.3) is 0 Å².